The number of hydrogen-bond donors (Lipinski definition) is 2. The van der Waals surface area contributed by atoms with E-state index >= 15 is 0 Å². The monoisotopic (exact) mass is 429 g/mol. The van der Waals surface area contributed by atoms with Crippen molar-refractivity contribution >= 4 is 29.2 Å². The first-order valence-electron chi connectivity index (χ1n) is 9.82. The van der Waals surface area contributed by atoms with Crippen LogP contribution in [-0.4, -0.2) is 48.9 Å². The highest BCUT2D eigenvalue weighted by Crippen LogP contribution is 2.23. The predicted octanol–water partition coefficient (Wildman–Crippen LogP) is 0.263. The van der Waals surface area contributed by atoms with Crippen LogP contribution in [0, 0.1) is 6.92 Å². The molecule has 0 fully saturated rings. The second kappa shape index (κ2) is 10.1. The quantitative estimate of drug-likeness (QED) is 0.619. The van der Waals surface area contributed by atoms with Crippen LogP contribution in [0.2, 0.25) is 0 Å². The number of nitrogens with one attached hydrogen (secondary N) is 2. The maximum absolute atomic E-state index is 12.3. The van der Waals surface area contributed by atoms with Crippen LogP contribution in [-0.2, 0) is 0 Å². The molecule has 1 aliphatic heterocycles. The summed E-state index contributed by atoms with van der Waals surface area (Å²) < 4.78 is 0. The third kappa shape index (κ3) is 4.74. The van der Waals surface area contributed by atoms with Gasteiger partial charge in [-0.05, 0) is 56.7 Å². The molecule has 0 radical (unpaired) electrons. The molecule has 3 rings (SSSR count). The zero-order valence-electron chi connectivity index (χ0n) is 17.4. The fourth-order valence-electron chi connectivity index (χ4n) is 3.46. The maximum Gasteiger partial charge on any atom is 0.319 e. The molecule has 0 aliphatic carbocycles. The topological polar surface area (TPSA) is 81.8 Å². The molecule has 4 amide bonds. The molecule has 0 aromatic heterocycles. The number of anilines is 2. The molecule has 7 nitrogen and oxygen atoms in total. The van der Waals surface area contributed by atoms with E-state index in [1.807, 2.05) is 25.1 Å². The van der Waals surface area contributed by atoms with Crippen molar-refractivity contribution < 1.29 is 26.8 Å². The number of rotatable bonds is 7. The molecule has 2 N–H and O–H groups in total. The van der Waals surface area contributed by atoms with Crippen molar-refractivity contribution in [2.45, 2.75) is 20.8 Å². The van der Waals surface area contributed by atoms with Crippen molar-refractivity contribution in [2.75, 3.05) is 36.4 Å². The van der Waals surface area contributed by atoms with Crippen molar-refractivity contribution in [3.8, 4) is 0 Å². The molecule has 0 spiro atoms. The minimum atomic E-state index is -0.375. The van der Waals surface area contributed by atoms with Gasteiger partial charge in [-0.25, -0.2) is 4.79 Å². The van der Waals surface area contributed by atoms with E-state index in [9.17, 15) is 14.4 Å². The number of carbonyl (C=O) groups is 3. The number of carbonyl (C=O) groups excluding carboxylic acids is 3. The van der Waals surface area contributed by atoms with Gasteiger partial charge < -0.3 is 27.9 Å². The van der Waals surface area contributed by atoms with Crippen LogP contribution in [0.15, 0.2) is 42.5 Å². The van der Waals surface area contributed by atoms with E-state index in [-0.39, 0.29) is 43.3 Å². The molecule has 0 saturated heterocycles. The van der Waals surface area contributed by atoms with E-state index in [4.69, 9.17) is 0 Å². The summed E-state index contributed by atoms with van der Waals surface area (Å²) in [6, 6.07) is 12.3. The Bertz CT molecular complexity index is 909. The summed E-state index contributed by atoms with van der Waals surface area (Å²) in [6.07, 6.45) is 0. The Morgan fingerprint density at radius 2 is 1.60 bits per heavy atom. The Hall–Kier alpha value is -3.06. The number of nitrogens with zero attached hydrogens (tertiary/aromatic N) is 2. The summed E-state index contributed by atoms with van der Waals surface area (Å²) in [7, 11) is 0. The lowest BCUT2D eigenvalue weighted by Gasteiger charge is -2.22. The first kappa shape index (κ1) is 23.2. The highest BCUT2D eigenvalue weighted by molar-refractivity contribution is 6.21. The average molecular weight is 430 g/mol. The summed E-state index contributed by atoms with van der Waals surface area (Å²) in [4.78, 5) is 40.3. The zero-order chi connectivity index (χ0) is 21.0. The van der Waals surface area contributed by atoms with Gasteiger partial charge in [0.25, 0.3) is 11.8 Å². The highest BCUT2D eigenvalue weighted by Gasteiger charge is 2.34. The van der Waals surface area contributed by atoms with Crippen LogP contribution in [0.25, 0.3) is 0 Å². The number of hydrogen-bond acceptors (Lipinski definition) is 4. The van der Waals surface area contributed by atoms with Gasteiger partial charge in [-0.15, -0.1) is 0 Å². The first-order valence-corrected chi connectivity index (χ1v) is 9.82. The fourth-order valence-corrected chi connectivity index (χ4v) is 3.46. The number of aryl methyl sites for hydroxylation is 1. The summed E-state index contributed by atoms with van der Waals surface area (Å²) in [5.41, 5.74) is 3.62. The lowest BCUT2D eigenvalue weighted by molar-refractivity contribution is -0.0000315. The highest BCUT2D eigenvalue weighted by atomic mass is 35.5. The van der Waals surface area contributed by atoms with Gasteiger partial charge >= 0.3 is 6.03 Å². The summed E-state index contributed by atoms with van der Waals surface area (Å²) in [5, 5.41) is 5.53. The molecule has 1 heterocycles. The Morgan fingerprint density at radius 3 is 2.13 bits per heavy atom. The van der Waals surface area contributed by atoms with E-state index in [2.05, 4.69) is 29.4 Å². The van der Waals surface area contributed by atoms with Crippen molar-refractivity contribution in [1.29, 1.82) is 0 Å². The van der Waals surface area contributed by atoms with E-state index in [0.29, 0.717) is 11.1 Å². The number of benzene rings is 2. The Balaban J connectivity index is 0.00000320. The van der Waals surface area contributed by atoms with Gasteiger partial charge in [-0.1, -0.05) is 12.1 Å². The van der Waals surface area contributed by atoms with Crippen LogP contribution in [0.1, 0.15) is 40.1 Å². The first-order chi connectivity index (χ1) is 14.0. The Kier molecular flexibility index (Phi) is 7.83. The summed E-state index contributed by atoms with van der Waals surface area (Å²) in [6.45, 7) is 8.29. The van der Waals surface area contributed by atoms with E-state index in [1.165, 1.54) is 0 Å². The lowest BCUT2D eigenvalue weighted by Crippen LogP contribution is -3.00. The molecule has 0 bridgehead atoms. The molecule has 2 aromatic carbocycles. The second-order valence-corrected chi connectivity index (χ2v) is 6.86. The predicted molar refractivity (Wildman–Crippen MR) is 114 cm³/mol. The van der Waals surface area contributed by atoms with Gasteiger partial charge in [0, 0.05) is 37.6 Å². The summed E-state index contributed by atoms with van der Waals surface area (Å²) >= 11 is 0. The molecule has 1 aliphatic rings. The van der Waals surface area contributed by atoms with Crippen LogP contribution >= 0.6 is 0 Å². The van der Waals surface area contributed by atoms with Gasteiger partial charge in [-0.2, -0.15) is 0 Å². The smallest absolute Gasteiger partial charge is 0.319 e. The van der Waals surface area contributed by atoms with Gasteiger partial charge in [0.15, 0.2) is 0 Å². The van der Waals surface area contributed by atoms with E-state index in [0.717, 1.165) is 34.9 Å². The van der Waals surface area contributed by atoms with E-state index in [1.54, 1.807) is 24.3 Å². The largest absolute Gasteiger partial charge is 1.00 e. The molecule has 0 atom stereocenters. The minimum Gasteiger partial charge on any atom is -1.00 e. The van der Waals surface area contributed by atoms with Crippen LogP contribution in [0.4, 0.5) is 16.2 Å². The average Bonchev–Trinajstić information content (AvgIpc) is 2.96. The molecule has 160 valence electrons. The van der Waals surface area contributed by atoms with Crippen molar-refractivity contribution in [1.82, 2.24) is 10.2 Å². The van der Waals surface area contributed by atoms with Gasteiger partial charge in [0.1, 0.15) is 0 Å². The van der Waals surface area contributed by atoms with Crippen molar-refractivity contribution in [2.24, 2.45) is 0 Å². The zero-order valence-corrected chi connectivity index (χ0v) is 18.1. The number of urea groups is 1. The van der Waals surface area contributed by atoms with Crippen LogP contribution in [0.3, 0.4) is 0 Å². The van der Waals surface area contributed by atoms with Crippen LogP contribution < -0.4 is 27.9 Å². The Morgan fingerprint density at radius 1 is 1.00 bits per heavy atom. The lowest BCUT2D eigenvalue weighted by atomic mass is 10.1. The van der Waals surface area contributed by atoms with Crippen molar-refractivity contribution in [3.63, 3.8) is 0 Å². The number of imide groups is 1. The molecular weight excluding hydrogens is 404 g/mol. The summed E-state index contributed by atoms with van der Waals surface area (Å²) in [5.74, 6) is -0.647. The molecule has 8 heteroatoms. The molecule has 0 saturated carbocycles. The van der Waals surface area contributed by atoms with Gasteiger partial charge in [0.05, 0.1) is 11.1 Å². The van der Waals surface area contributed by atoms with Gasteiger partial charge in [-0.3, -0.25) is 14.5 Å². The number of halogens is 1. The van der Waals surface area contributed by atoms with Crippen LogP contribution in [0.5, 0.6) is 0 Å². The SMILES string of the molecule is CCN(CC)c1ccc(NC(=O)NCCN2C(=O)c3ccccc3C2=O)c(C)c1.[Cl-]. The standard InChI is InChI=1S/C22H26N4O3.ClH/c1-4-25(5-2)16-10-11-19(15(3)14-16)24-22(29)23-12-13-26-20(27)17-8-6-7-9-18(17)21(26)28;/h6-11,14H,4-5,12-13H2,1-3H3,(H2,23,24,29);1H/p-1. The fraction of sp³-hybridized carbons (Fsp3) is 0.318. The molecule has 2 aromatic rings. The molecule has 0 unspecified atom stereocenters. The van der Waals surface area contributed by atoms with Gasteiger partial charge in [0.2, 0.25) is 0 Å². The third-order valence-electron chi connectivity index (χ3n) is 5.09. The number of fused-ring (bicyclic) bond motifs is 1. The minimum absolute atomic E-state index is 0. The Labute approximate surface area is 182 Å². The molecular formula is C22H26ClN4O3-. The second-order valence-electron chi connectivity index (χ2n) is 6.86. The maximum atomic E-state index is 12.3. The third-order valence-corrected chi connectivity index (χ3v) is 5.09. The van der Waals surface area contributed by atoms with E-state index < -0.39 is 0 Å². The normalized spacial score (nSPS) is 12.3. The van der Waals surface area contributed by atoms with Crippen molar-refractivity contribution in [3.05, 3.63) is 59.2 Å². The number of amides is 4. The molecule has 30 heavy (non-hydrogen) atoms.